The van der Waals surface area contributed by atoms with Gasteiger partial charge in [0.2, 0.25) is 11.8 Å². The molecule has 0 aromatic heterocycles. The van der Waals surface area contributed by atoms with E-state index < -0.39 is 5.82 Å². The van der Waals surface area contributed by atoms with Crippen LogP contribution in [-0.2, 0) is 9.59 Å². The molecule has 0 bridgehead atoms. The van der Waals surface area contributed by atoms with Crippen LogP contribution in [0.25, 0.3) is 0 Å². The molecule has 5 heteroatoms. The molecule has 1 aromatic rings. The molecule has 1 rings (SSSR count). The highest BCUT2D eigenvalue weighted by molar-refractivity contribution is 5.98. The predicted octanol–water partition coefficient (Wildman–Crippen LogP) is 2.34. The summed E-state index contributed by atoms with van der Waals surface area (Å²) in [6.45, 7) is 3.87. The molecule has 110 valence electrons. The number of anilines is 1. The van der Waals surface area contributed by atoms with Gasteiger partial charge in [-0.15, -0.1) is 0 Å². The minimum Gasteiger partial charge on any atom is -0.358 e. The van der Waals surface area contributed by atoms with Crippen molar-refractivity contribution >= 4 is 17.5 Å². The van der Waals surface area contributed by atoms with Crippen LogP contribution < -0.4 is 10.2 Å². The summed E-state index contributed by atoms with van der Waals surface area (Å²) in [4.78, 5) is 25.2. The van der Waals surface area contributed by atoms with Crippen molar-refractivity contribution in [3.8, 4) is 0 Å². The molecular weight excluding hydrogens is 259 g/mol. The molecule has 0 aliphatic rings. The molecule has 1 N–H and O–H groups in total. The molecule has 0 radical (unpaired) electrons. The molecule has 1 aromatic carbocycles. The lowest BCUT2D eigenvalue weighted by Crippen LogP contribution is -2.40. The maximum absolute atomic E-state index is 13.3. The summed E-state index contributed by atoms with van der Waals surface area (Å²) in [5.41, 5.74) is 0.405. The van der Waals surface area contributed by atoms with Crippen LogP contribution >= 0.6 is 0 Å². The highest BCUT2D eigenvalue weighted by Gasteiger charge is 2.20. The average molecular weight is 280 g/mol. The van der Waals surface area contributed by atoms with E-state index in [1.807, 2.05) is 13.8 Å². The van der Waals surface area contributed by atoms with Crippen LogP contribution in [0, 0.1) is 11.7 Å². The zero-order chi connectivity index (χ0) is 15.1. The number of rotatable bonds is 6. The second kappa shape index (κ2) is 7.62. The van der Waals surface area contributed by atoms with Crippen molar-refractivity contribution in [2.24, 2.45) is 5.92 Å². The molecule has 1 atom stereocenters. The fraction of sp³-hybridized carbons (Fsp3) is 0.467. The molecule has 0 aliphatic heterocycles. The molecule has 0 saturated heterocycles. The van der Waals surface area contributed by atoms with Gasteiger partial charge in [0.05, 0.1) is 0 Å². The lowest BCUT2D eigenvalue weighted by Gasteiger charge is -2.23. The summed E-state index contributed by atoms with van der Waals surface area (Å²) in [7, 11) is 1.51. The van der Waals surface area contributed by atoms with Gasteiger partial charge in [0, 0.05) is 19.2 Å². The van der Waals surface area contributed by atoms with Crippen molar-refractivity contribution in [1.82, 2.24) is 5.32 Å². The van der Waals surface area contributed by atoms with Crippen LogP contribution in [0.1, 0.15) is 26.7 Å². The van der Waals surface area contributed by atoms with Crippen LogP contribution in [0.3, 0.4) is 0 Å². The van der Waals surface area contributed by atoms with Gasteiger partial charge in [0.15, 0.2) is 0 Å². The summed E-state index contributed by atoms with van der Waals surface area (Å²) in [5, 5.41) is 2.48. The van der Waals surface area contributed by atoms with Crippen molar-refractivity contribution in [1.29, 1.82) is 0 Å². The predicted molar refractivity (Wildman–Crippen MR) is 76.9 cm³/mol. The Kier molecular flexibility index (Phi) is 6.15. The van der Waals surface area contributed by atoms with Gasteiger partial charge in [-0.3, -0.25) is 9.59 Å². The van der Waals surface area contributed by atoms with E-state index in [0.717, 1.165) is 6.42 Å². The van der Waals surface area contributed by atoms with Gasteiger partial charge in [-0.2, -0.15) is 0 Å². The Balaban J connectivity index is 2.95. The standard InChI is InChI=1S/C15H21FN2O2/c1-4-11(2)8-15(20)18(10-14(19)17-3)13-7-5-6-12(16)9-13/h5-7,9,11H,4,8,10H2,1-3H3,(H,17,19)/t11-/m1/s1. The maximum Gasteiger partial charge on any atom is 0.239 e. The minimum absolute atomic E-state index is 0.102. The van der Waals surface area contributed by atoms with Gasteiger partial charge in [-0.1, -0.05) is 26.3 Å². The Hall–Kier alpha value is -1.91. The van der Waals surface area contributed by atoms with Crippen molar-refractivity contribution in [3.63, 3.8) is 0 Å². The first-order valence-electron chi connectivity index (χ1n) is 6.74. The number of halogens is 1. The molecular formula is C15H21FN2O2. The number of hydrogen-bond donors (Lipinski definition) is 1. The van der Waals surface area contributed by atoms with Crippen LogP contribution in [0.4, 0.5) is 10.1 Å². The third kappa shape index (κ3) is 4.64. The zero-order valence-electron chi connectivity index (χ0n) is 12.1. The molecule has 0 spiro atoms. The van der Waals surface area contributed by atoms with Gasteiger partial charge in [-0.05, 0) is 24.1 Å². The third-order valence-corrected chi connectivity index (χ3v) is 3.22. The zero-order valence-corrected chi connectivity index (χ0v) is 12.1. The lowest BCUT2D eigenvalue weighted by molar-refractivity contribution is -0.124. The number of amides is 2. The first kappa shape index (κ1) is 16.1. The van der Waals surface area contributed by atoms with E-state index in [1.54, 1.807) is 6.07 Å². The number of likely N-dealkylation sites (N-methyl/N-ethyl adjacent to an activating group) is 1. The molecule has 0 aliphatic carbocycles. The van der Waals surface area contributed by atoms with Gasteiger partial charge in [0.1, 0.15) is 12.4 Å². The van der Waals surface area contributed by atoms with E-state index in [4.69, 9.17) is 0 Å². The molecule has 4 nitrogen and oxygen atoms in total. The topological polar surface area (TPSA) is 49.4 Å². The van der Waals surface area contributed by atoms with Crippen molar-refractivity contribution < 1.29 is 14.0 Å². The van der Waals surface area contributed by atoms with Crippen molar-refractivity contribution in [2.75, 3.05) is 18.5 Å². The first-order valence-corrected chi connectivity index (χ1v) is 6.74. The Morgan fingerprint density at radius 1 is 1.40 bits per heavy atom. The van der Waals surface area contributed by atoms with Crippen LogP contribution in [-0.4, -0.2) is 25.4 Å². The molecule has 20 heavy (non-hydrogen) atoms. The van der Waals surface area contributed by atoms with E-state index in [9.17, 15) is 14.0 Å². The Bertz CT molecular complexity index is 477. The Morgan fingerprint density at radius 3 is 2.65 bits per heavy atom. The molecule has 0 unspecified atom stereocenters. The average Bonchev–Trinajstić information content (AvgIpc) is 2.43. The fourth-order valence-electron chi connectivity index (χ4n) is 1.74. The van der Waals surface area contributed by atoms with Gasteiger partial charge >= 0.3 is 0 Å². The van der Waals surface area contributed by atoms with Crippen molar-refractivity contribution in [2.45, 2.75) is 26.7 Å². The largest absolute Gasteiger partial charge is 0.358 e. The highest BCUT2D eigenvalue weighted by atomic mass is 19.1. The number of benzene rings is 1. The smallest absolute Gasteiger partial charge is 0.239 e. The Morgan fingerprint density at radius 2 is 2.10 bits per heavy atom. The number of carbonyl (C=O) groups excluding carboxylic acids is 2. The number of carbonyl (C=O) groups is 2. The third-order valence-electron chi connectivity index (χ3n) is 3.22. The van der Waals surface area contributed by atoms with E-state index in [1.165, 1.54) is 30.1 Å². The van der Waals surface area contributed by atoms with Gasteiger partial charge in [0.25, 0.3) is 0 Å². The van der Waals surface area contributed by atoms with Gasteiger partial charge < -0.3 is 10.2 Å². The molecule has 0 saturated carbocycles. The number of nitrogens with one attached hydrogen (secondary N) is 1. The van der Waals surface area contributed by atoms with Gasteiger partial charge in [-0.25, -0.2) is 4.39 Å². The SMILES string of the molecule is CC[C@@H](C)CC(=O)N(CC(=O)NC)c1cccc(F)c1. The van der Waals surface area contributed by atoms with E-state index in [0.29, 0.717) is 12.1 Å². The maximum atomic E-state index is 13.3. The molecule has 2 amide bonds. The summed E-state index contributed by atoms with van der Waals surface area (Å²) >= 11 is 0. The lowest BCUT2D eigenvalue weighted by atomic mass is 10.0. The van der Waals surface area contributed by atoms with Crippen molar-refractivity contribution in [3.05, 3.63) is 30.1 Å². The number of nitrogens with zero attached hydrogens (tertiary/aromatic N) is 1. The van der Waals surface area contributed by atoms with Crippen LogP contribution in [0.2, 0.25) is 0 Å². The van der Waals surface area contributed by atoms with E-state index in [-0.39, 0.29) is 24.3 Å². The summed E-state index contributed by atoms with van der Waals surface area (Å²) in [5.74, 6) is -0.663. The normalized spacial score (nSPS) is 11.8. The first-order chi connectivity index (χ1) is 9.47. The summed E-state index contributed by atoms with van der Waals surface area (Å²) in [6, 6.07) is 5.72. The van der Waals surface area contributed by atoms with E-state index in [2.05, 4.69) is 5.32 Å². The monoisotopic (exact) mass is 280 g/mol. The van der Waals surface area contributed by atoms with E-state index >= 15 is 0 Å². The second-order valence-corrected chi connectivity index (χ2v) is 4.85. The highest BCUT2D eigenvalue weighted by Crippen LogP contribution is 2.18. The summed E-state index contributed by atoms with van der Waals surface area (Å²) in [6.07, 6.45) is 1.21. The summed E-state index contributed by atoms with van der Waals surface area (Å²) < 4.78 is 13.3. The quantitative estimate of drug-likeness (QED) is 0.869. The Labute approximate surface area is 119 Å². The van der Waals surface area contributed by atoms with Crippen LogP contribution in [0.15, 0.2) is 24.3 Å². The minimum atomic E-state index is -0.430. The van der Waals surface area contributed by atoms with Crippen LogP contribution in [0.5, 0.6) is 0 Å². The molecule has 0 heterocycles. The fourth-order valence-corrected chi connectivity index (χ4v) is 1.74. The molecule has 0 fully saturated rings. The number of hydrogen-bond acceptors (Lipinski definition) is 2. The second-order valence-electron chi connectivity index (χ2n) is 4.85.